The third-order valence-electron chi connectivity index (χ3n) is 2.85. The lowest BCUT2D eigenvalue weighted by Crippen LogP contribution is -2.47. The van der Waals surface area contributed by atoms with E-state index in [1.807, 2.05) is 0 Å². The molecule has 0 saturated carbocycles. The summed E-state index contributed by atoms with van der Waals surface area (Å²) < 4.78 is 43.2. The van der Waals surface area contributed by atoms with Crippen LogP contribution in [0.15, 0.2) is 12.1 Å². The van der Waals surface area contributed by atoms with E-state index in [1.54, 1.807) is 0 Å². The topological polar surface area (TPSA) is 72.5 Å². The molecule has 0 bridgehead atoms. The van der Waals surface area contributed by atoms with Crippen molar-refractivity contribution in [1.82, 2.24) is 0 Å². The van der Waals surface area contributed by atoms with Crippen LogP contribution in [0.1, 0.15) is 5.56 Å². The summed E-state index contributed by atoms with van der Waals surface area (Å²) in [6, 6.07) is 2.62. The molecule has 1 aromatic carbocycles. The average Bonchev–Trinajstić information content (AvgIpc) is 2.25. The Labute approximate surface area is 110 Å². The van der Waals surface area contributed by atoms with Crippen LogP contribution in [0.2, 0.25) is 5.02 Å². The Morgan fingerprint density at radius 2 is 2.11 bits per heavy atom. The molecule has 8 heteroatoms. The Bertz CT molecular complexity index is 533. The van der Waals surface area contributed by atoms with E-state index in [0.29, 0.717) is 0 Å². The lowest BCUT2D eigenvalue weighted by Gasteiger charge is -2.33. The van der Waals surface area contributed by atoms with Gasteiger partial charge in [0.25, 0.3) is 0 Å². The van der Waals surface area contributed by atoms with Crippen LogP contribution in [-0.4, -0.2) is 23.4 Å². The summed E-state index contributed by atoms with van der Waals surface area (Å²) in [5.74, 6) is -3.44. The molecule has 3 N–H and O–H groups in total. The minimum absolute atomic E-state index is 0.0411. The number of ether oxygens (including phenoxy) is 1. The maximum absolute atomic E-state index is 12.8. The summed E-state index contributed by atoms with van der Waals surface area (Å²) in [5.41, 5.74) is 5.77. The van der Waals surface area contributed by atoms with Gasteiger partial charge in [-0.1, -0.05) is 11.6 Å². The fourth-order valence-electron chi connectivity index (χ4n) is 2.03. The molecule has 0 aliphatic carbocycles. The number of aliphatic carboxylic acids is 1. The lowest BCUT2D eigenvalue weighted by atomic mass is 9.90. The van der Waals surface area contributed by atoms with Crippen LogP contribution >= 0.6 is 11.6 Å². The predicted molar refractivity (Wildman–Crippen MR) is 61.2 cm³/mol. The van der Waals surface area contributed by atoms with Gasteiger partial charge in [0.05, 0.1) is 5.69 Å². The van der Waals surface area contributed by atoms with Crippen molar-refractivity contribution in [3.63, 3.8) is 0 Å². The fraction of sp³-hybridized carbons (Fsp3) is 0.364. The number of anilines is 1. The van der Waals surface area contributed by atoms with Gasteiger partial charge in [-0.3, -0.25) is 4.79 Å². The lowest BCUT2D eigenvalue weighted by molar-refractivity contribution is -0.217. The molecule has 0 radical (unpaired) electrons. The van der Waals surface area contributed by atoms with Crippen molar-refractivity contribution in [2.75, 3.05) is 5.73 Å². The molecule has 1 aliphatic heterocycles. The highest BCUT2D eigenvalue weighted by molar-refractivity contribution is 6.31. The molecule has 0 aromatic heterocycles. The average molecular weight is 296 g/mol. The summed E-state index contributed by atoms with van der Waals surface area (Å²) in [6.45, 7) is 0. The van der Waals surface area contributed by atoms with Crippen LogP contribution in [0.5, 0.6) is 5.75 Å². The standard InChI is InChI=1S/C11H9ClF3NO3/c12-5-1-4-2-6(10(17)18)9(11(13,14)15)19-8(4)7(16)3-5/h1,3,6,9H,2,16H2,(H,17,18)/t6-,9+/m0/s1. The number of hydrogen-bond acceptors (Lipinski definition) is 3. The van der Waals surface area contributed by atoms with E-state index in [2.05, 4.69) is 0 Å². The molecule has 2 atom stereocenters. The van der Waals surface area contributed by atoms with Gasteiger partial charge in [-0.2, -0.15) is 13.2 Å². The molecular weight excluding hydrogens is 287 g/mol. The Balaban J connectivity index is 2.48. The molecule has 2 rings (SSSR count). The van der Waals surface area contributed by atoms with Crippen molar-refractivity contribution in [2.24, 2.45) is 5.92 Å². The fourth-order valence-corrected chi connectivity index (χ4v) is 2.28. The summed E-state index contributed by atoms with van der Waals surface area (Å²) >= 11 is 5.73. The van der Waals surface area contributed by atoms with Gasteiger partial charge in [0.15, 0.2) is 0 Å². The maximum atomic E-state index is 12.8. The number of benzene rings is 1. The molecule has 19 heavy (non-hydrogen) atoms. The molecule has 0 unspecified atom stereocenters. The number of nitrogen functional groups attached to an aromatic ring is 1. The Morgan fingerprint density at radius 3 is 2.63 bits per heavy atom. The van der Waals surface area contributed by atoms with Gasteiger partial charge in [-0.05, 0) is 24.1 Å². The van der Waals surface area contributed by atoms with Crippen LogP contribution in [0.4, 0.5) is 18.9 Å². The zero-order valence-electron chi connectivity index (χ0n) is 9.37. The molecule has 0 spiro atoms. The number of nitrogens with two attached hydrogens (primary N) is 1. The summed E-state index contributed by atoms with van der Waals surface area (Å²) in [4.78, 5) is 10.9. The van der Waals surface area contributed by atoms with Gasteiger partial charge in [-0.15, -0.1) is 0 Å². The Kier molecular flexibility index (Phi) is 3.25. The molecule has 104 valence electrons. The van der Waals surface area contributed by atoms with Gasteiger partial charge in [-0.25, -0.2) is 0 Å². The highest BCUT2D eigenvalue weighted by atomic mass is 35.5. The first-order chi connectivity index (χ1) is 8.70. The minimum atomic E-state index is -4.78. The summed E-state index contributed by atoms with van der Waals surface area (Å²) in [5, 5.41) is 9.11. The first kappa shape index (κ1) is 13.8. The van der Waals surface area contributed by atoms with Crippen molar-refractivity contribution in [1.29, 1.82) is 0 Å². The third-order valence-corrected chi connectivity index (χ3v) is 3.07. The third kappa shape index (κ3) is 2.56. The normalized spacial score (nSPS) is 22.5. The van der Waals surface area contributed by atoms with Crippen LogP contribution in [0.25, 0.3) is 0 Å². The van der Waals surface area contributed by atoms with Crippen molar-refractivity contribution in [2.45, 2.75) is 18.7 Å². The second kappa shape index (κ2) is 4.48. The smallest absolute Gasteiger partial charge is 0.426 e. The first-order valence-electron chi connectivity index (χ1n) is 5.24. The maximum Gasteiger partial charge on any atom is 0.426 e. The van der Waals surface area contributed by atoms with E-state index in [-0.39, 0.29) is 28.4 Å². The van der Waals surface area contributed by atoms with Crippen molar-refractivity contribution >= 4 is 23.3 Å². The Hall–Kier alpha value is -1.63. The number of halogens is 4. The number of hydrogen-bond donors (Lipinski definition) is 2. The molecule has 1 heterocycles. The number of alkyl halides is 3. The summed E-state index contributed by atoms with van der Waals surface area (Å²) in [7, 11) is 0. The van der Waals surface area contributed by atoms with Gasteiger partial charge >= 0.3 is 12.1 Å². The van der Waals surface area contributed by atoms with Crippen LogP contribution in [0, 0.1) is 5.92 Å². The highest BCUT2D eigenvalue weighted by Gasteiger charge is 2.52. The van der Waals surface area contributed by atoms with Crippen LogP contribution < -0.4 is 10.5 Å². The number of rotatable bonds is 1. The molecule has 1 aliphatic rings. The van der Waals surface area contributed by atoms with Gasteiger partial charge < -0.3 is 15.6 Å². The zero-order valence-corrected chi connectivity index (χ0v) is 10.1. The van der Waals surface area contributed by atoms with E-state index >= 15 is 0 Å². The molecule has 1 aromatic rings. The van der Waals surface area contributed by atoms with Crippen LogP contribution in [0.3, 0.4) is 0 Å². The SMILES string of the molecule is Nc1cc(Cl)cc2c1O[C@@H](C(F)(F)F)[C@@H](C(=O)O)C2. The van der Waals surface area contributed by atoms with Crippen LogP contribution in [-0.2, 0) is 11.2 Å². The monoisotopic (exact) mass is 295 g/mol. The second-order valence-corrected chi connectivity index (χ2v) is 4.65. The summed E-state index contributed by atoms with van der Waals surface area (Å²) in [6.07, 6.45) is -7.53. The van der Waals surface area contributed by atoms with E-state index in [0.717, 1.165) is 0 Å². The Morgan fingerprint density at radius 1 is 1.47 bits per heavy atom. The molecule has 4 nitrogen and oxygen atoms in total. The van der Waals surface area contributed by atoms with E-state index in [1.165, 1.54) is 12.1 Å². The van der Waals surface area contributed by atoms with Gasteiger partial charge in [0, 0.05) is 5.02 Å². The molecule has 0 saturated heterocycles. The number of fused-ring (bicyclic) bond motifs is 1. The number of carboxylic acid groups (broad SMARTS) is 1. The highest BCUT2D eigenvalue weighted by Crippen LogP contribution is 2.42. The number of carboxylic acids is 1. The zero-order chi connectivity index (χ0) is 14.4. The number of carbonyl (C=O) groups is 1. The molecular formula is C11H9ClF3NO3. The van der Waals surface area contributed by atoms with Crippen molar-refractivity contribution < 1.29 is 27.8 Å². The largest absolute Gasteiger partial charge is 0.481 e. The second-order valence-electron chi connectivity index (χ2n) is 4.21. The van der Waals surface area contributed by atoms with E-state index in [9.17, 15) is 18.0 Å². The molecule has 0 fully saturated rings. The quantitative estimate of drug-likeness (QED) is 0.781. The minimum Gasteiger partial charge on any atom is -0.481 e. The van der Waals surface area contributed by atoms with E-state index in [4.69, 9.17) is 27.2 Å². The van der Waals surface area contributed by atoms with E-state index < -0.39 is 24.2 Å². The molecule has 0 amide bonds. The predicted octanol–water partition coefficient (Wildman–Crippen LogP) is 2.49. The van der Waals surface area contributed by atoms with Gasteiger partial charge in [0.2, 0.25) is 6.10 Å². The van der Waals surface area contributed by atoms with Gasteiger partial charge in [0.1, 0.15) is 11.7 Å². The van der Waals surface area contributed by atoms with Crippen molar-refractivity contribution in [3.8, 4) is 5.75 Å². The van der Waals surface area contributed by atoms with Crippen molar-refractivity contribution in [3.05, 3.63) is 22.7 Å². The first-order valence-corrected chi connectivity index (χ1v) is 5.62.